The second-order valence-electron chi connectivity index (χ2n) is 8.17. The molecule has 0 fully saturated rings. The number of amides is 1. The molecule has 0 unspecified atom stereocenters. The van der Waals surface area contributed by atoms with E-state index in [0.29, 0.717) is 16.3 Å². The Morgan fingerprint density at radius 3 is 2.61 bits per heavy atom. The fraction of sp³-hybridized carbons (Fsp3) is 0.222. The van der Waals surface area contributed by atoms with Crippen LogP contribution in [0.2, 0.25) is 5.02 Å². The molecule has 2 N–H and O–H groups in total. The van der Waals surface area contributed by atoms with Crippen molar-refractivity contribution in [3.63, 3.8) is 0 Å². The predicted octanol–water partition coefficient (Wildman–Crippen LogP) is 6.46. The molecule has 1 aliphatic rings. The molecule has 2 aromatic rings. The number of rotatable bonds is 8. The van der Waals surface area contributed by atoms with Crippen molar-refractivity contribution in [1.29, 1.82) is 5.26 Å². The first-order valence-electron chi connectivity index (χ1n) is 11.2. The highest BCUT2D eigenvalue weighted by molar-refractivity contribution is 8.03. The highest BCUT2D eigenvalue weighted by atomic mass is 35.5. The van der Waals surface area contributed by atoms with Gasteiger partial charge in [-0.1, -0.05) is 60.3 Å². The van der Waals surface area contributed by atoms with Crippen LogP contribution in [0.25, 0.3) is 0 Å². The number of hydrogen-bond donors (Lipinski definition) is 2. The number of carbonyl (C=O) groups is 2. The fourth-order valence-corrected chi connectivity index (χ4v) is 4.96. The Kier molecular flexibility index (Phi) is 9.31. The Balaban J connectivity index is 2.01. The number of thioether (sulfide) groups is 1. The molecule has 0 radical (unpaired) electrons. The van der Waals surface area contributed by atoms with E-state index in [2.05, 4.69) is 17.2 Å². The van der Waals surface area contributed by atoms with Crippen molar-refractivity contribution in [2.45, 2.75) is 25.9 Å². The number of ether oxygens (including phenoxy) is 1. The van der Waals surface area contributed by atoms with Crippen LogP contribution in [0.1, 0.15) is 29.5 Å². The summed E-state index contributed by atoms with van der Waals surface area (Å²) in [4.78, 5) is 25.6. The summed E-state index contributed by atoms with van der Waals surface area (Å²) >= 11 is 7.03. The lowest BCUT2D eigenvalue weighted by Crippen LogP contribution is -2.30. The van der Waals surface area contributed by atoms with Gasteiger partial charge in [0.1, 0.15) is 6.61 Å². The summed E-state index contributed by atoms with van der Waals surface area (Å²) in [6.07, 6.45) is -3.42. The van der Waals surface area contributed by atoms with Crippen LogP contribution in [-0.2, 0) is 20.5 Å². The first-order chi connectivity index (χ1) is 18.0. The number of esters is 1. The largest absolute Gasteiger partial charge is 0.458 e. The number of anilines is 1. The van der Waals surface area contributed by atoms with Crippen LogP contribution < -0.4 is 10.6 Å². The van der Waals surface area contributed by atoms with Gasteiger partial charge < -0.3 is 15.4 Å². The SMILES string of the molecule is C=CCOC(=O)C1=C(C)NC(SCC(=O)Nc2cccc(Cl)c2C)=C(C#N)[C@@H]1c1ccccc1C(F)(F)F. The number of hydrogen-bond acceptors (Lipinski definition) is 6. The van der Waals surface area contributed by atoms with Gasteiger partial charge in [-0.15, -0.1) is 0 Å². The summed E-state index contributed by atoms with van der Waals surface area (Å²) in [5.74, 6) is -2.85. The van der Waals surface area contributed by atoms with Gasteiger partial charge in [-0.25, -0.2) is 4.79 Å². The number of halogens is 4. The molecule has 0 saturated heterocycles. The molecule has 198 valence electrons. The lowest BCUT2D eigenvalue weighted by Gasteiger charge is -2.30. The molecule has 1 atom stereocenters. The van der Waals surface area contributed by atoms with E-state index in [0.717, 1.165) is 17.8 Å². The van der Waals surface area contributed by atoms with Gasteiger partial charge in [0.25, 0.3) is 0 Å². The Morgan fingerprint density at radius 1 is 1.24 bits per heavy atom. The Hall–Kier alpha value is -3.68. The monoisotopic (exact) mass is 561 g/mol. The molecule has 1 aliphatic heterocycles. The van der Waals surface area contributed by atoms with E-state index in [1.165, 1.54) is 31.2 Å². The van der Waals surface area contributed by atoms with Gasteiger partial charge in [0.2, 0.25) is 5.91 Å². The highest BCUT2D eigenvalue weighted by Gasteiger charge is 2.41. The Labute approximate surface area is 227 Å². The number of nitrogens with zero attached hydrogens (tertiary/aromatic N) is 1. The van der Waals surface area contributed by atoms with Crippen molar-refractivity contribution < 1.29 is 27.5 Å². The predicted molar refractivity (Wildman–Crippen MR) is 141 cm³/mol. The van der Waals surface area contributed by atoms with E-state index in [1.54, 1.807) is 25.1 Å². The molecule has 2 aromatic carbocycles. The van der Waals surface area contributed by atoms with Gasteiger partial charge in [0.05, 0.1) is 39.5 Å². The zero-order chi connectivity index (χ0) is 28.0. The minimum absolute atomic E-state index is 0.136. The van der Waals surface area contributed by atoms with Gasteiger partial charge in [-0.05, 0) is 43.2 Å². The molecule has 6 nitrogen and oxygen atoms in total. The highest BCUT2D eigenvalue weighted by Crippen LogP contribution is 2.45. The minimum atomic E-state index is -4.74. The number of nitrogens with one attached hydrogen (secondary N) is 2. The van der Waals surface area contributed by atoms with Crippen LogP contribution in [0.15, 0.2) is 77.0 Å². The molecule has 0 aromatic heterocycles. The van der Waals surface area contributed by atoms with Crippen molar-refractivity contribution in [3.05, 3.63) is 98.7 Å². The Morgan fingerprint density at radius 2 is 1.95 bits per heavy atom. The van der Waals surface area contributed by atoms with Gasteiger partial charge in [0, 0.05) is 16.4 Å². The first kappa shape index (κ1) is 28.9. The maximum atomic E-state index is 14.0. The molecular formula is C27H23ClF3N3O3S. The third-order valence-electron chi connectivity index (χ3n) is 5.67. The standard InChI is InChI=1S/C27H23ClF3N3O3S/c1-4-12-37-26(36)23-16(3)33-25(38-14-22(35)34-21-11-7-10-20(28)15(21)2)18(13-32)24(23)17-8-5-6-9-19(17)27(29,30)31/h4-11,24,33H,1,12,14H2,2-3H3,(H,34,35)/t24-/m0/s1. The molecule has 1 heterocycles. The number of benzene rings is 2. The summed E-state index contributed by atoms with van der Waals surface area (Å²) in [6, 6.07) is 11.7. The third kappa shape index (κ3) is 6.41. The molecule has 1 amide bonds. The third-order valence-corrected chi connectivity index (χ3v) is 7.09. The van der Waals surface area contributed by atoms with Crippen molar-refractivity contribution >= 4 is 40.9 Å². The fourth-order valence-electron chi connectivity index (χ4n) is 3.89. The zero-order valence-electron chi connectivity index (χ0n) is 20.4. The summed E-state index contributed by atoms with van der Waals surface area (Å²) in [5, 5.41) is 16.3. The quantitative estimate of drug-likeness (QED) is 0.284. The molecule has 3 rings (SSSR count). The van der Waals surface area contributed by atoms with Crippen LogP contribution >= 0.6 is 23.4 Å². The lowest BCUT2D eigenvalue weighted by molar-refractivity contribution is -0.140. The van der Waals surface area contributed by atoms with Crippen molar-refractivity contribution in [2.75, 3.05) is 17.7 Å². The molecule has 0 saturated carbocycles. The zero-order valence-corrected chi connectivity index (χ0v) is 22.0. The molecule has 11 heteroatoms. The summed E-state index contributed by atoms with van der Waals surface area (Å²) in [5.41, 5.74) is -0.160. The number of alkyl halides is 3. The molecular weight excluding hydrogens is 539 g/mol. The normalized spacial score (nSPS) is 15.4. The van der Waals surface area contributed by atoms with Crippen LogP contribution in [0, 0.1) is 18.3 Å². The smallest absolute Gasteiger partial charge is 0.416 e. The van der Waals surface area contributed by atoms with Crippen molar-refractivity contribution in [1.82, 2.24) is 5.32 Å². The van der Waals surface area contributed by atoms with Crippen LogP contribution in [0.3, 0.4) is 0 Å². The van der Waals surface area contributed by atoms with Crippen LogP contribution in [0.5, 0.6) is 0 Å². The van der Waals surface area contributed by atoms with E-state index in [4.69, 9.17) is 16.3 Å². The number of nitriles is 1. The molecule has 0 bridgehead atoms. The summed E-state index contributed by atoms with van der Waals surface area (Å²) < 4.78 is 47.0. The van der Waals surface area contributed by atoms with Crippen molar-refractivity contribution in [3.8, 4) is 6.07 Å². The maximum absolute atomic E-state index is 14.0. The van der Waals surface area contributed by atoms with Gasteiger partial charge in [-0.2, -0.15) is 18.4 Å². The number of allylic oxidation sites excluding steroid dienone is 2. The van der Waals surface area contributed by atoms with Crippen molar-refractivity contribution in [2.24, 2.45) is 0 Å². The lowest BCUT2D eigenvalue weighted by atomic mass is 9.80. The topological polar surface area (TPSA) is 91.2 Å². The van der Waals surface area contributed by atoms with Crippen LogP contribution in [-0.4, -0.2) is 24.2 Å². The molecule has 0 aliphatic carbocycles. The summed E-state index contributed by atoms with van der Waals surface area (Å²) in [7, 11) is 0. The first-order valence-corrected chi connectivity index (χ1v) is 12.6. The van der Waals surface area contributed by atoms with E-state index >= 15 is 0 Å². The second-order valence-corrected chi connectivity index (χ2v) is 9.57. The number of dihydropyridines is 1. The second kappa shape index (κ2) is 12.2. The van der Waals surface area contributed by atoms with E-state index in [9.17, 15) is 28.0 Å². The van der Waals surface area contributed by atoms with E-state index in [-0.39, 0.29) is 39.8 Å². The van der Waals surface area contributed by atoms with Gasteiger partial charge >= 0.3 is 12.1 Å². The molecule has 38 heavy (non-hydrogen) atoms. The summed E-state index contributed by atoms with van der Waals surface area (Å²) in [6.45, 7) is 6.55. The average Bonchev–Trinajstić information content (AvgIpc) is 2.87. The maximum Gasteiger partial charge on any atom is 0.416 e. The van der Waals surface area contributed by atoms with Gasteiger partial charge in [0.15, 0.2) is 0 Å². The van der Waals surface area contributed by atoms with Gasteiger partial charge in [-0.3, -0.25) is 4.79 Å². The van der Waals surface area contributed by atoms with E-state index in [1.807, 2.05) is 6.07 Å². The minimum Gasteiger partial charge on any atom is -0.458 e. The molecule has 0 spiro atoms. The Bertz CT molecular complexity index is 1380. The van der Waals surface area contributed by atoms with E-state index < -0.39 is 29.5 Å². The van der Waals surface area contributed by atoms with Crippen LogP contribution in [0.4, 0.5) is 18.9 Å². The average molecular weight is 562 g/mol. The number of carbonyl (C=O) groups excluding carboxylic acids is 2.